The van der Waals surface area contributed by atoms with E-state index in [4.69, 9.17) is 23.2 Å². The number of amides is 1. The van der Waals surface area contributed by atoms with Crippen molar-refractivity contribution in [3.63, 3.8) is 0 Å². The molecule has 6 nitrogen and oxygen atoms in total. The van der Waals surface area contributed by atoms with Crippen LogP contribution in [0, 0.1) is 6.92 Å². The SMILES string of the molecule is Cc1ccc(NC(=O)Cn2c(=O)n(-c3cccc(Cl)c3)c(=O)c3sccc32)cc1Cl. The number of carbonyl (C=O) groups is 1. The van der Waals surface area contributed by atoms with E-state index in [0.717, 1.165) is 10.1 Å². The summed E-state index contributed by atoms with van der Waals surface area (Å²) in [6, 6.07) is 13.3. The van der Waals surface area contributed by atoms with Crippen LogP contribution in [0.5, 0.6) is 0 Å². The van der Waals surface area contributed by atoms with Gasteiger partial charge in [0.15, 0.2) is 0 Å². The van der Waals surface area contributed by atoms with Gasteiger partial charge in [0.25, 0.3) is 5.56 Å². The topological polar surface area (TPSA) is 73.1 Å². The van der Waals surface area contributed by atoms with Crippen LogP contribution in [0.3, 0.4) is 0 Å². The first-order valence-electron chi connectivity index (χ1n) is 8.90. The molecule has 4 rings (SSSR count). The Morgan fingerprint density at radius 1 is 1.10 bits per heavy atom. The fourth-order valence-corrected chi connectivity index (χ4v) is 4.29. The van der Waals surface area contributed by atoms with Crippen LogP contribution in [-0.4, -0.2) is 15.0 Å². The van der Waals surface area contributed by atoms with Crippen molar-refractivity contribution < 1.29 is 4.79 Å². The minimum Gasteiger partial charge on any atom is -0.324 e. The Kier molecular flexibility index (Phi) is 5.51. The standard InChI is InChI=1S/C21H15Cl2N3O3S/c1-12-5-6-14(10-16(12)23)24-18(27)11-25-17-7-8-30-19(17)20(28)26(21(25)29)15-4-2-3-13(22)9-15/h2-10H,11H2,1H3,(H,24,27). The molecule has 152 valence electrons. The molecule has 0 aliphatic rings. The minimum atomic E-state index is -0.620. The lowest BCUT2D eigenvalue weighted by Gasteiger charge is -2.13. The van der Waals surface area contributed by atoms with E-state index in [0.29, 0.717) is 31.6 Å². The van der Waals surface area contributed by atoms with E-state index in [-0.39, 0.29) is 6.54 Å². The monoisotopic (exact) mass is 459 g/mol. The number of halogens is 2. The smallest absolute Gasteiger partial charge is 0.324 e. The van der Waals surface area contributed by atoms with E-state index in [2.05, 4.69) is 5.32 Å². The molecule has 0 fully saturated rings. The van der Waals surface area contributed by atoms with Gasteiger partial charge < -0.3 is 5.32 Å². The van der Waals surface area contributed by atoms with E-state index in [1.807, 2.05) is 6.92 Å². The third-order valence-electron chi connectivity index (χ3n) is 4.58. The zero-order valence-corrected chi connectivity index (χ0v) is 18.0. The van der Waals surface area contributed by atoms with Gasteiger partial charge in [-0.2, -0.15) is 0 Å². The summed E-state index contributed by atoms with van der Waals surface area (Å²) in [7, 11) is 0. The summed E-state index contributed by atoms with van der Waals surface area (Å²) < 4.78 is 2.68. The van der Waals surface area contributed by atoms with Crippen LogP contribution in [0.1, 0.15) is 5.56 Å². The van der Waals surface area contributed by atoms with Gasteiger partial charge in [0.2, 0.25) is 5.91 Å². The average molecular weight is 460 g/mol. The van der Waals surface area contributed by atoms with Gasteiger partial charge in [-0.25, -0.2) is 9.36 Å². The van der Waals surface area contributed by atoms with Gasteiger partial charge >= 0.3 is 5.69 Å². The number of rotatable bonds is 4. The first kappa shape index (κ1) is 20.4. The van der Waals surface area contributed by atoms with E-state index in [1.54, 1.807) is 47.8 Å². The molecular weight excluding hydrogens is 445 g/mol. The predicted molar refractivity (Wildman–Crippen MR) is 122 cm³/mol. The molecule has 0 saturated carbocycles. The van der Waals surface area contributed by atoms with E-state index < -0.39 is 17.2 Å². The molecule has 0 unspecified atom stereocenters. The Hall–Kier alpha value is -2.87. The van der Waals surface area contributed by atoms with E-state index >= 15 is 0 Å². The number of benzene rings is 2. The fourth-order valence-electron chi connectivity index (χ4n) is 3.10. The Morgan fingerprint density at radius 3 is 2.63 bits per heavy atom. The second-order valence-corrected chi connectivity index (χ2v) is 8.40. The van der Waals surface area contributed by atoms with Crippen LogP contribution in [0.4, 0.5) is 5.69 Å². The van der Waals surface area contributed by atoms with Crippen molar-refractivity contribution in [2.75, 3.05) is 5.32 Å². The lowest BCUT2D eigenvalue weighted by molar-refractivity contribution is -0.116. The summed E-state index contributed by atoms with van der Waals surface area (Å²) in [6.07, 6.45) is 0. The highest BCUT2D eigenvalue weighted by atomic mass is 35.5. The molecule has 30 heavy (non-hydrogen) atoms. The predicted octanol–water partition coefficient (Wildman–Crippen LogP) is 4.47. The minimum absolute atomic E-state index is 0.265. The van der Waals surface area contributed by atoms with Crippen molar-refractivity contribution in [1.29, 1.82) is 0 Å². The van der Waals surface area contributed by atoms with Crippen molar-refractivity contribution in [3.8, 4) is 5.69 Å². The summed E-state index contributed by atoms with van der Waals surface area (Å²) in [5.41, 5.74) is 1.09. The van der Waals surface area contributed by atoms with Gasteiger partial charge in [-0.1, -0.05) is 35.3 Å². The lowest BCUT2D eigenvalue weighted by Crippen LogP contribution is -2.40. The molecule has 2 aromatic heterocycles. The van der Waals surface area contributed by atoms with Crippen molar-refractivity contribution in [1.82, 2.24) is 9.13 Å². The third-order valence-corrected chi connectivity index (χ3v) is 6.11. The second-order valence-electron chi connectivity index (χ2n) is 6.64. The highest BCUT2D eigenvalue weighted by Gasteiger charge is 2.18. The molecule has 0 radical (unpaired) electrons. The quantitative estimate of drug-likeness (QED) is 0.489. The van der Waals surface area contributed by atoms with Crippen LogP contribution in [-0.2, 0) is 11.3 Å². The van der Waals surface area contributed by atoms with Crippen molar-refractivity contribution in [2.24, 2.45) is 0 Å². The maximum Gasteiger partial charge on any atom is 0.336 e. The number of anilines is 1. The Labute approximate surface area is 184 Å². The van der Waals surface area contributed by atoms with Gasteiger partial charge in [-0.15, -0.1) is 11.3 Å². The van der Waals surface area contributed by atoms with Crippen molar-refractivity contribution in [2.45, 2.75) is 13.5 Å². The van der Waals surface area contributed by atoms with E-state index in [1.165, 1.54) is 22.0 Å². The van der Waals surface area contributed by atoms with Crippen molar-refractivity contribution >= 4 is 56.3 Å². The molecule has 2 heterocycles. The summed E-state index contributed by atoms with van der Waals surface area (Å²) in [6.45, 7) is 1.60. The Balaban J connectivity index is 1.78. The average Bonchev–Trinajstić information content (AvgIpc) is 3.18. The largest absolute Gasteiger partial charge is 0.336 e. The summed E-state index contributed by atoms with van der Waals surface area (Å²) in [5, 5.41) is 5.37. The second kappa shape index (κ2) is 8.10. The van der Waals surface area contributed by atoms with Gasteiger partial charge in [-0.05, 0) is 54.3 Å². The number of thiophene rings is 1. The number of aromatic nitrogens is 2. The lowest BCUT2D eigenvalue weighted by atomic mass is 10.2. The number of nitrogens with one attached hydrogen (secondary N) is 1. The Morgan fingerprint density at radius 2 is 1.90 bits per heavy atom. The molecule has 0 bridgehead atoms. The number of fused-ring (bicyclic) bond motifs is 1. The molecule has 1 amide bonds. The number of carbonyl (C=O) groups excluding carboxylic acids is 1. The van der Waals surface area contributed by atoms with Crippen LogP contribution in [0.15, 0.2) is 63.5 Å². The number of hydrogen-bond acceptors (Lipinski definition) is 4. The molecule has 0 aliphatic heterocycles. The fraction of sp³-hybridized carbons (Fsp3) is 0.0952. The number of hydrogen-bond donors (Lipinski definition) is 1. The molecule has 0 aliphatic carbocycles. The third kappa shape index (κ3) is 3.79. The highest BCUT2D eigenvalue weighted by Crippen LogP contribution is 2.21. The van der Waals surface area contributed by atoms with Gasteiger partial charge in [0, 0.05) is 15.7 Å². The molecule has 0 atom stereocenters. The van der Waals surface area contributed by atoms with Crippen LogP contribution < -0.4 is 16.6 Å². The Bertz CT molecular complexity index is 1400. The molecule has 4 aromatic rings. The highest BCUT2D eigenvalue weighted by molar-refractivity contribution is 7.17. The molecule has 0 spiro atoms. The zero-order chi connectivity index (χ0) is 21.4. The summed E-state index contributed by atoms with van der Waals surface area (Å²) >= 11 is 13.4. The van der Waals surface area contributed by atoms with Gasteiger partial charge in [0.05, 0.1) is 11.2 Å². The molecular formula is C21H15Cl2N3O3S. The molecule has 1 N–H and O–H groups in total. The molecule has 9 heteroatoms. The van der Waals surface area contributed by atoms with E-state index in [9.17, 15) is 14.4 Å². The maximum absolute atomic E-state index is 13.2. The molecule has 2 aromatic carbocycles. The first-order chi connectivity index (χ1) is 14.3. The summed E-state index contributed by atoms with van der Waals surface area (Å²) in [4.78, 5) is 38.8. The molecule has 0 saturated heterocycles. The number of nitrogens with zero attached hydrogens (tertiary/aromatic N) is 2. The van der Waals surface area contributed by atoms with Gasteiger partial charge in [-0.3, -0.25) is 14.2 Å². The normalized spacial score (nSPS) is 11.0. The van der Waals surface area contributed by atoms with Crippen LogP contribution in [0.25, 0.3) is 15.9 Å². The zero-order valence-electron chi connectivity index (χ0n) is 15.7. The van der Waals surface area contributed by atoms with Crippen molar-refractivity contribution in [3.05, 3.63) is 90.4 Å². The number of aryl methyl sites for hydroxylation is 1. The first-order valence-corrected chi connectivity index (χ1v) is 10.5. The summed E-state index contributed by atoms with van der Waals surface area (Å²) in [5.74, 6) is -0.416. The van der Waals surface area contributed by atoms with Gasteiger partial charge in [0.1, 0.15) is 11.2 Å². The van der Waals surface area contributed by atoms with Crippen LogP contribution in [0.2, 0.25) is 10.0 Å². The van der Waals surface area contributed by atoms with Crippen LogP contribution >= 0.6 is 34.5 Å². The maximum atomic E-state index is 13.2.